The third kappa shape index (κ3) is 4.66. The van der Waals surface area contributed by atoms with Gasteiger partial charge < -0.3 is 20.7 Å². The molecule has 5 rings (SSSR count). The van der Waals surface area contributed by atoms with E-state index in [1.54, 1.807) is 6.92 Å². The molecule has 0 amide bonds. The highest BCUT2D eigenvalue weighted by Gasteiger charge is 2.37. The predicted octanol–water partition coefficient (Wildman–Crippen LogP) is 4.82. The van der Waals surface area contributed by atoms with Gasteiger partial charge in [0.25, 0.3) is 0 Å². The second-order valence-corrected chi connectivity index (χ2v) is 12.8. The van der Waals surface area contributed by atoms with Crippen LogP contribution in [-0.4, -0.2) is 44.8 Å². The number of aromatic nitrogens is 3. The quantitative estimate of drug-likeness (QED) is 0.301. The number of sulfone groups is 1. The van der Waals surface area contributed by atoms with Crippen LogP contribution in [0.4, 0.5) is 11.5 Å². The summed E-state index contributed by atoms with van der Waals surface area (Å²) in [6.07, 6.45) is 8.12. The van der Waals surface area contributed by atoms with Gasteiger partial charge in [-0.2, -0.15) is 0 Å². The third-order valence-electron chi connectivity index (χ3n) is 7.84. The molecule has 0 saturated heterocycles. The van der Waals surface area contributed by atoms with E-state index in [9.17, 15) is 13.5 Å². The van der Waals surface area contributed by atoms with Crippen molar-refractivity contribution in [1.29, 1.82) is 0 Å². The first-order valence-electron chi connectivity index (χ1n) is 12.9. The topological polar surface area (TPSA) is 123 Å². The van der Waals surface area contributed by atoms with Crippen molar-refractivity contribution < 1.29 is 13.5 Å². The van der Waals surface area contributed by atoms with Gasteiger partial charge in [0.05, 0.1) is 21.6 Å². The number of hydrogen-bond donors (Lipinski definition) is 3. The number of aliphatic hydroxyl groups is 1. The largest absolute Gasteiger partial charge is 0.383 e. The van der Waals surface area contributed by atoms with Crippen LogP contribution < -0.4 is 11.1 Å². The van der Waals surface area contributed by atoms with E-state index in [0.717, 1.165) is 64.8 Å². The standard InChI is InChI=1S/C28H35N5O3S/c1-17(2)28(34)32-20-12-8-19(9-13-20)25-23(24-26(29)30-16-31-27(24)33(25)3)18-10-14-22(15-11-18)37(35,36)21-6-4-5-7-21/h8-10,12-13,16,21-22,28,32,34H,1,4-7,11,14-15H2,2-3H3,(H2,29,30,31). The van der Waals surface area contributed by atoms with Crippen LogP contribution in [0, 0.1) is 0 Å². The summed E-state index contributed by atoms with van der Waals surface area (Å²) in [6.45, 7) is 5.55. The Morgan fingerprint density at radius 2 is 1.86 bits per heavy atom. The molecule has 0 bridgehead atoms. The number of aryl methyl sites for hydroxylation is 1. The number of anilines is 2. The molecule has 8 nitrogen and oxygen atoms in total. The molecule has 3 aromatic rings. The maximum absolute atomic E-state index is 13.2. The van der Waals surface area contributed by atoms with Crippen LogP contribution in [0.5, 0.6) is 0 Å². The Bertz CT molecular complexity index is 1470. The first-order chi connectivity index (χ1) is 17.7. The molecule has 37 heavy (non-hydrogen) atoms. The molecule has 196 valence electrons. The lowest BCUT2D eigenvalue weighted by atomic mass is 9.90. The number of nitrogen functional groups attached to an aromatic ring is 1. The number of fused-ring (bicyclic) bond motifs is 1. The van der Waals surface area contributed by atoms with Crippen LogP contribution >= 0.6 is 0 Å². The molecule has 0 spiro atoms. The molecule has 2 aliphatic rings. The molecule has 1 fully saturated rings. The Balaban J connectivity index is 1.54. The van der Waals surface area contributed by atoms with Crippen molar-refractivity contribution in [3.63, 3.8) is 0 Å². The Kier molecular flexibility index (Phi) is 6.85. The predicted molar refractivity (Wildman–Crippen MR) is 150 cm³/mol. The summed E-state index contributed by atoms with van der Waals surface area (Å²) in [7, 11) is -1.17. The van der Waals surface area contributed by atoms with Crippen LogP contribution in [0.1, 0.15) is 57.4 Å². The minimum atomic E-state index is -3.13. The Morgan fingerprint density at radius 1 is 1.16 bits per heavy atom. The van der Waals surface area contributed by atoms with Crippen LogP contribution in [0.3, 0.4) is 0 Å². The van der Waals surface area contributed by atoms with Gasteiger partial charge in [0.15, 0.2) is 9.84 Å². The molecule has 2 aromatic heterocycles. The van der Waals surface area contributed by atoms with E-state index in [4.69, 9.17) is 5.73 Å². The average molecular weight is 522 g/mol. The number of hydrogen-bond acceptors (Lipinski definition) is 7. The smallest absolute Gasteiger partial charge is 0.156 e. The van der Waals surface area contributed by atoms with Crippen molar-refractivity contribution in [2.24, 2.45) is 7.05 Å². The summed E-state index contributed by atoms with van der Waals surface area (Å²) in [6, 6.07) is 7.81. The number of nitrogens with one attached hydrogen (secondary N) is 1. The van der Waals surface area contributed by atoms with Gasteiger partial charge in [-0.05, 0) is 67.9 Å². The average Bonchev–Trinajstić information content (AvgIpc) is 3.53. The van der Waals surface area contributed by atoms with Crippen molar-refractivity contribution in [2.75, 3.05) is 11.1 Å². The monoisotopic (exact) mass is 521 g/mol. The van der Waals surface area contributed by atoms with Crippen molar-refractivity contribution in [1.82, 2.24) is 14.5 Å². The molecule has 1 saturated carbocycles. The lowest BCUT2D eigenvalue weighted by molar-refractivity contribution is 0.240. The zero-order chi connectivity index (χ0) is 26.3. The number of rotatable bonds is 7. The van der Waals surface area contributed by atoms with E-state index in [1.807, 2.05) is 35.9 Å². The molecule has 1 aromatic carbocycles. The van der Waals surface area contributed by atoms with Crippen molar-refractivity contribution in [2.45, 2.75) is 68.6 Å². The molecule has 4 N–H and O–H groups in total. The van der Waals surface area contributed by atoms with Gasteiger partial charge >= 0.3 is 0 Å². The van der Waals surface area contributed by atoms with Crippen LogP contribution in [-0.2, 0) is 16.9 Å². The Morgan fingerprint density at radius 3 is 2.49 bits per heavy atom. The van der Waals surface area contributed by atoms with Gasteiger partial charge in [0.1, 0.15) is 24.0 Å². The molecular weight excluding hydrogens is 486 g/mol. The fourth-order valence-corrected chi connectivity index (χ4v) is 8.10. The van der Waals surface area contributed by atoms with Crippen molar-refractivity contribution >= 4 is 37.9 Å². The van der Waals surface area contributed by atoms with Gasteiger partial charge in [0.2, 0.25) is 0 Å². The number of nitrogens with two attached hydrogens (primary N) is 1. The van der Waals surface area contributed by atoms with E-state index in [2.05, 4.69) is 27.9 Å². The van der Waals surface area contributed by atoms with Crippen LogP contribution in [0.25, 0.3) is 27.9 Å². The third-order valence-corrected chi connectivity index (χ3v) is 10.6. The van der Waals surface area contributed by atoms with Gasteiger partial charge in [-0.1, -0.05) is 37.6 Å². The number of aliphatic hydroxyl groups excluding tert-OH is 1. The number of nitrogens with zero attached hydrogens (tertiary/aromatic N) is 3. The first-order valence-corrected chi connectivity index (χ1v) is 14.5. The molecule has 0 radical (unpaired) electrons. The first kappa shape index (κ1) is 25.5. The zero-order valence-corrected chi connectivity index (χ0v) is 22.3. The minimum absolute atomic E-state index is 0.180. The lowest BCUT2D eigenvalue weighted by Gasteiger charge is -2.25. The summed E-state index contributed by atoms with van der Waals surface area (Å²) >= 11 is 0. The Labute approximate surface area is 218 Å². The molecule has 2 atom stereocenters. The molecule has 0 aliphatic heterocycles. The zero-order valence-electron chi connectivity index (χ0n) is 21.4. The SMILES string of the molecule is C=C(C)C(O)Nc1ccc(-c2c(C3=CCC(S(=O)(=O)C4CCCC4)CC3)c3c(N)ncnc3n2C)cc1. The van der Waals surface area contributed by atoms with Gasteiger partial charge in [-0.3, -0.25) is 0 Å². The molecule has 2 aliphatic carbocycles. The maximum atomic E-state index is 13.2. The molecule has 2 heterocycles. The van der Waals surface area contributed by atoms with E-state index >= 15 is 0 Å². The highest BCUT2D eigenvalue weighted by Crippen LogP contribution is 2.43. The Hall–Kier alpha value is -3.17. The van der Waals surface area contributed by atoms with Crippen LogP contribution in [0.2, 0.25) is 0 Å². The van der Waals surface area contributed by atoms with Gasteiger partial charge in [-0.15, -0.1) is 0 Å². The summed E-state index contributed by atoms with van der Waals surface area (Å²) in [5.74, 6) is 0.409. The highest BCUT2D eigenvalue weighted by atomic mass is 32.2. The van der Waals surface area contributed by atoms with Gasteiger partial charge in [-0.25, -0.2) is 18.4 Å². The normalized spacial score (nSPS) is 19.6. The van der Waals surface area contributed by atoms with Crippen LogP contribution in [0.15, 0.2) is 48.8 Å². The molecule has 9 heteroatoms. The molecule has 2 unspecified atom stereocenters. The van der Waals surface area contributed by atoms with E-state index in [-0.39, 0.29) is 10.5 Å². The van der Waals surface area contributed by atoms with Crippen molar-refractivity contribution in [3.8, 4) is 11.3 Å². The van der Waals surface area contributed by atoms with E-state index in [1.165, 1.54) is 6.33 Å². The van der Waals surface area contributed by atoms with Crippen molar-refractivity contribution in [3.05, 3.63) is 54.4 Å². The van der Waals surface area contributed by atoms with E-state index < -0.39 is 16.1 Å². The lowest BCUT2D eigenvalue weighted by Crippen LogP contribution is -2.31. The highest BCUT2D eigenvalue weighted by molar-refractivity contribution is 7.92. The minimum Gasteiger partial charge on any atom is -0.383 e. The summed E-state index contributed by atoms with van der Waals surface area (Å²) in [5.41, 5.74) is 12.5. The summed E-state index contributed by atoms with van der Waals surface area (Å²) < 4.78 is 28.5. The second kappa shape index (κ2) is 9.95. The number of allylic oxidation sites excluding steroid dienone is 2. The second-order valence-electron chi connectivity index (χ2n) is 10.3. The molecular formula is C28H35N5O3S. The number of benzene rings is 1. The van der Waals surface area contributed by atoms with E-state index in [0.29, 0.717) is 30.7 Å². The maximum Gasteiger partial charge on any atom is 0.156 e. The fourth-order valence-electron chi connectivity index (χ4n) is 5.76. The van der Waals surface area contributed by atoms with Gasteiger partial charge in [0, 0.05) is 18.3 Å². The summed E-state index contributed by atoms with van der Waals surface area (Å²) in [5, 5.41) is 13.4. The fraction of sp³-hybridized carbons (Fsp3) is 0.429. The summed E-state index contributed by atoms with van der Waals surface area (Å²) in [4.78, 5) is 8.78.